The average Bonchev–Trinajstić information content (AvgIpc) is 3.42. The third-order valence-electron chi connectivity index (χ3n) is 8.13. The van der Waals surface area contributed by atoms with Crippen LogP contribution in [0.5, 0.6) is 5.75 Å². The van der Waals surface area contributed by atoms with E-state index in [1.165, 1.54) is 10.6 Å². The normalized spacial score (nSPS) is 16.0. The molecule has 1 N–H and O–H groups in total. The number of nitrogens with one attached hydrogen (secondary N) is 1. The Morgan fingerprint density at radius 3 is 2.56 bits per heavy atom. The SMILES string of the molecule is CCCc1nc(C)c2c(=O)[nH]c(-c3cc(N4C(=S)N(c5cnc(C#N)c(C(F)(F)F)c5)C(=O)C45CCC5)ccc3OCC)nn12. The summed E-state index contributed by atoms with van der Waals surface area (Å²) in [7, 11) is 0. The Morgan fingerprint density at radius 1 is 1.18 bits per heavy atom. The van der Waals surface area contributed by atoms with E-state index in [1.54, 1.807) is 30.0 Å². The maximum absolute atomic E-state index is 14.0. The number of aromatic nitrogens is 5. The van der Waals surface area contributed by atoms with Gasteiger partial charge in [0, 0.05) is 12.1 Å². The molecule has 11 nitrogen and oxygen atoms in total. The van der Waals surface area contributed by atoms with Gasteiger partial charge in [0.1, 0.15) is 23.2 Å². The zero-order chi connectivity index (χ0) is 32.3. The van der Waals surface area contributed by atoms with Crippen molar-refractivity contribution in [2.24, 2.45) is 0 Å². The topological polar surface area (TPSA) is 133 Å². The van der Waals surface area contributed by atoms with Crippen LogP contribution < -0.4 is 20.1 Å². The van der Waals surface area contributed by atoms with E-state index < -0.39 is 28.9 Å². The third kappa shape index (κ3) is 4.71. The molecule has 0 bridgehead atoms. The molecule has 2 aliphatic rings. The Hall–Kier alpha value is -4.84. The largest absolute Gasteiger partial charge is 0.493 e. The zero-order valence-corrected chi connectivity index (χ0v) is 25.3. The minimum atomic E-state index is -4.87. The smallest absolute Gasteiger partial charge is 0.419 e. The molecule has 0 unspecified atom stereocenters. The second kappa shape index (κ2) is 11.0. The highest BCUT2D eigenvalue weighted by atomic mass is 32.1. The number of benzene rings is 1. The van der Waals surface area contributed by atoms with Crippen molar-refractivity contribution in [3.63, 3.8) is 0 Å². The van der Waals surface area contributed by atoms with E-state index in [2.05, 4.69) is 15.0 Å². The summed E-state index contributed by atoms with van der Waals surface area (Å²) in [4.78, 5) is 40.9. The van der Waals surface area contributed by atoms with Gasteiger partial charge < -0.3 is 14.6 Å². The molecular weight excluding hydrogens is 609 g/mol. The van der Waals surface area contributed by atoms with Crippen LogP contribution in [0.25, 0.3) is 16.9 Å². The fraction of sp³-hybridized carbons (Fsp3) is 0.367. The molecule has 4 heterocycles. The van der Waals surface area contributed by atoms with E-state index in [-0.39, 0.29) is 22.2 Å². The maximum Gasteiger partial charge on any atom is 0.419 e. The van der Waals surface area contributed by atoms with Gasteiger partial charge in [-0.2, -0.15) is 18.4 Å². The molecule has 6 rings (SSSR count). The first-order chi connectivity index (χ1) is 21.4. The molecule has 1 amide bonds. The lowest BCUT2D eigenvalue weighted by Crippen LogP contribution is -2.55. The van der Waals surface area contributed by atoms with E-state index in [4.69, 9.17) is 22.1 Å². The molecule has 2 fully saturated rings. The molecule has 1 aliphatic heterocycles. The highest BCUT2D eigenvalue weighted by Gasteiger charge is 2.60. The number of alkyl halides is 3. The van der Waals surface area contributed by atoms with Crippen molar-refractivity contribution in [1.29, 1.82) is 5.26 Å². The second-order valence-corrected chi connectivity index (χ2v) is 11.2. The number of hydrogen-bond acceptors (Lipinski definition) is 8. The third-order valence-corrected chi connectivity index (χ3v) is 8.49. The van der Waals surface area contributed by atoms with Crippen LogP contribution in [0.4, 0.5) is 24.5 Å². The van der Waals surface area contributed by atoms with Crippen LogP contribution in [0.15, 0.2) is 35.3 Å². The van der Waals surface area contributed by atoms with E-state index in [1.807, 2.05) is 13.8 Å². The Morgan fingerprint density at radius 2 is 1.93 bits per heavy atom. The predicted molar refractivity (Wildman–Crippen MR) is 162 cm³/mol. The number of thiocarbonyl (C=S) groups is 1. The first-order valence-electron chi connectivity index (χ1n) is 14.4. The number of ether oxygens (including phenoxy) is 1. The standard InChI is InChI=1S/C30H27F3N8O3S/c1-4-7-23-36-16(3)24-26(42)37-25(38-41(23)24)19-12-17(8-9-22(19)44-5-2)40-28(45)39(27(43)29(40)10-6-11-29)18-13-20(30(31,32)33)21(14-34)35-15-18/h8-9,12-13,15H,4-7,10-11H2,1-3H3,(H,37,38,42). The molecule has 0 radical (unpaired) electrons. The number of hydrogen-bond donors (Lipinski definition) is 1. The van der Waals surface area contributed by atoms with Gasteiger partial charge in [0.25, 0.3) is 11.5 Å². The number of amides is 1. The van der Waals surface area contributed by atoms with E-state index in [0.29, 0.717) is 66.3 Å². The average molecular weight is 637 g/mol. The van der Waals surface area contributed by atoms with Crippen LogP contribution in [0.1, 0.15) is 62.3 Å². The number of carbonyl (C=O) groups excluding carboxylic acids is 1. The molecule has 232 valence electrons. The number of nitrogens with zero attached hydrogens (tertiary/aromatic N) is 7. The fourth-order valence-corrected chi connectivity index (χ4v) is 6.42. The predicted octanol–water partition coefficient (Wildman–Crippen LogP) is 5.09. The van der Waals surface area contributed by atoms with Crippen LogP contribution in [-0.4, -0.2) is 47.7 Å². The number of nitriles is 1. The summed E-state index contributed by atoms with van der Waals surface area (Å²) in [5, 5.41) is 13.9. The number of rotatable bonds is 7. The molecule has 3 aromatic heterocycles. The number of H-pyrrole nitrogens is 1. The molecule has 1 aliphatic carbocycles. The first-order valence-corrected chi connectivity index (χ1v) is 14.8. The Bertz CT molecular complexity index is 1980. The lowest BCUT2D eigenvalue weighted by Gasteiger charge is -2.43. The second-order valence-electron chi connectivity index (χ2n) is 10.9. The molecule has 1 aromatic carbocycles. The summed E-state index contributed by atoms with van der Waals surface area (Å²) in [6.07, 6.45) is -0.901. The van der Waals surface area contributed by atoms with Crippen LogP contribution in [0.3, 0.4) is 0 Å². The Balaban J connectivity index is 1.49. The first kappa shape index (κ1) is 30.2. The maximum atomic E-state index is 14.0. The number of carbonyl (C=O) groups is 1. The summed E-state index contributed by atoms with van der Waals surface area (Å²) >= 11 is 5.77. The number of pyridine rings is 1. The minimum absolute atomic E-state index is 0.0400. The monoisotopic (exact) mass is 636 g/mol. The zero-order valence-electron chi connectivity index (χ0n) is 24.5. The number of halogens is 3. The number of imidazole rings is 1. The van der Waals surface area contributed by atoms with Gasteiger partial charge in [-0.15, -0.1) is 5.10 Å². The van der Waals surface area contributed by atoms with Crippen molar-refractivity contribution in [3.8, 4) is 23.2 Å². The molecule has 1 saturated carbocycles. The van der Waals surface area contributed by atoms with Crippen molar-refractivity contribution in [3.05, 3.63) is 63.6 Å². The highest BCUT2D eigenvalue weighted by molar-refractivity contribution is 7.81. The summed E-state index contributed by atoms with van der Waals surface area (Å²) in [5.41, 5.74) is -2.00. The summed E-state index contributed by atoms with van der Waals surface area (Å²) in [5.74, 6) is 0.769. The van der Waals surface area contributed by atoms with Crippen molar-refractivity contribution >= 4 is 40.1 Å². The van der Waals surface area contributed by atoms with E-state index in [0.717, 1.165) is 23.6 Å². The summed E-state index contributed by atoms with van der Waals surface area (Å²) in [6.45, 7) is 5.87. The molecule has 0 atom stereocenters. The van der Waals surface area contributed by atoms with Gasteiger partial charge in [0.05, 0.1) is 35.3 Å². The van der Waals surface area contributed by atoms with Gasteiger partial charge >= 0.3 is 6.18 Å². The van der Waals surface area contributed by atoms with Gasteiger partial charge in [-0.25, -0.2) is 14.5 Å². The summed E-state index contributed by atoms with van der Waals surface area (Å²) in [6, 6.07) is 7.25. The van der Waals surface area contributed by atoms with Crippen LogP contribution >= 0.6 is 12.2 Å². The van der Waals surface area contributed by atoms with E-state index >= 15 is 0 Å². The lowest BCUT2D eigenvalue weighted by molar-refractivity contribution is -0.138. The van der Waals surface area contributed by atoms with E-state index in [9.17, 15) is 28.0 Å². The van der Waals surface area contributed by atoms with Crippen molar-refractivity contribution in [2.45, 2.75) is 64.6 Å². The summed E-state index contributed by atoms with van der Waals surface area (Å²) < 4.78 is 48.8. The van der Waals surface area contributed by atoms with Crippen LogP contribution in [0, 0.1) is 18.3 Å². The highest BCUT2D eigenvalue weighted by Crippen LogP contribution is 2.49. The van der Waals surface area contributed by atoms with Gasteiger partial charge in [0.2, 0.25) is 0 Å². The van der Waals surface area contributed by atoms with Crippen molar-refractivity contribution < 1.29 is 22.7 Å². The number of aryl methyl sites for hydroxylation is 2. The Kier molecular flexibility index (Phi) is 7.35. The molecule has 45 heavy (non-hydrogen) atoms. The van der Waals surface area contributed by atoms with Crippen LogP contribution in [0.2, 0.25) is 0 Å². The molecule has 1 spiro atoms. The van der Waals surface area contributed by atoms with Crippen molar-refractivity contribution in [1.82, 2.24) is 24.6 Å². The number of fused-ring (bicyclic) bond motifs is 1. The van der Waals surface area contributed by atoms with Gasteiger partial charge in [-0.05, 0) is 76.0 Å². The van der Waals surface area contributed by atoms with Gasteiger partial charge in [0.15, 0.2) is 22.1 Å². The minimum Gasteiger partial charge on any atom is -0.493 e. The molecular formula is C30H27F3N8O3S. The Labute approximate surface area is 260 Å². The quantitative estimate of drug-likeness (QED) is 0.276. The fourth-order valence-electron chi connectivity index (χ4n) is 5.96. The number of aromatic amines is 1. The van der Waals surface area contributed by atoms with Crippen LogP contribution in [-0.2, 0) is 17.4 Å². The number of anilines is 2. The van der Waals surface area contributed by atoms with Crippen molar-refractivity contribution in [2.75, 3.05) is 16.4 Å². The molecule has 15 heteroatoms. The molecule has 4 aromatic rings. The van der Waals surface area contributed by atoms with Gasteiger partial charge in [-0.1, -0.05) is 6.92 Å². The van der Waals surface area contributed by atoms with Gasteiger partial charge in [-0.3, -0.25) is 14.5 Å². The lowest BCUT2D eigenvalue weighted by atomic mass is 9.75. The molecule has 1 saturated heterocycles.